The molecule has 2 aromatic carbocycles. The van der Waals surface area contributed by atoms with Gasteiger partial charge in [0, 0.05) is 18.4 Å². The Bertz CT molecular complexity index is 986. The first-order chi connectivity index (χ1) is 14.2. The molecule has 4 nitrogen and oxygen atoms in total. The Hall–Kier alpha value is -3.06. The van der Waals surface area contributed by atoms with Gasteiger partial charge in [0.15, 0.2) is 0 Å². The maximum absolute atomic E-state index is 12.8. The van der Waals surface area contributed by atoms with Crippen LogP contribution in [0.3, 0.4) is 0 Å². The maximum Gasteiger partial charge on any atom is 0.263 e. The van der Waals surface area contributed by atoms with Crippen molar-refractivity contribution in [3.63, 3.8) is 0 Å². The Balaban J connectivity index is 1.50. The molecule has 148 valence electrons. The topological polar surface area (TPSA) is 56.1 Å². The van der Waals surface area contributed by atoms with Crippen LogP contribution in [0.15, 0.2) is 54.2 Å². The third-order valence-electron chi connectivity index (χ3n) is 6.02. The standard InChI is InChI=1S/C25H27N3O/c1-18(21-13-12-19-7-2-3-9-22(19)15-21)27-25(29)23(16-26)17-28-14-6-10-20-8-4-5-11-24(20)28/h4-5,8,11-13,15,17-18H,2-3,6-7,9-10,14H2,1H3,(H,27,29)/b23-17-. The average Bonchev–Trinajstić information content (AvgIpc) is 2.77. The molecular formula is C25H27N3O. The van der Waals surface area contributed by atoms with Crippen molar-refractivity contribution in [2.45, 2.75) is 51.5 Å². The summed E-state index contributed by atoms with van der Waals surface area (Å²) in [5, 5.41) is 12.6. The molecular weight excluding hydrogens is 358 g/mol. The van der Waals surface area contributed by atoms with Crippen molar-refractivity contribution in [1.29, 1.82) is 5.26 Å². The maximum atomic E-state index is 12.8. The number of fused-ring (bicyclic) bond motifs is 2. The molecule has 0 aromatic heterocycles. The largest absolute Gasteiger partial charge is 0.346 e. The molecule has 0 bridgehead atoms. The van der Waals surface area contributed by atoms with Gasteiger partial charge >= 0.3 is 0 Å². The highest BCUT2D eigenvalue weighted by atomic mass is 16.1. The second kappa shape index (κ2) is 8.53. The molecule has 2 aliphatic rings. The van der Waals surface area contributed by atoms with E-state index < -0.39 is 0 Å². The quantitative estimate of drug-likeness (QED) is 0.618. The number of carbonyl (C=O) groups is 1. The van der Waals surface area contributed by atoms with Crippen molar-refractivity contribution in [2.75, 3.05) is 11.4 Å². The lowest BCUT2D eigenvalue weighted by molar-refractivity contribution is -0.117. The zero-order valence-corrected chi connectivity index (χ0v) is 16.9. The van der Waals surface area contributed by atoms with Crippen LogP contribution in [0.4, 0.5) is 5.69 Å². The number of amides is 1. The summed E-state index contributed by atoms with van der Waals surface area (Å²) in [4.78, 5) is 14.8. The zero-order valence-electron chi connectivity index (χ0n) is 16.9. The van der Waals surface area contributed by atoms with Gasteiger partial charge in [-0.2, -0.15) is 5.26 Å². The summed E-state index contributed by atoms with van der Waals surface area (Å²) in [5.41, 5.74) is 6.42. The summed E-state index contributed by atoms with van der Waals surface area (Å²) in [5.74, 6) is -0.319. The monoisotopic (exact) mass is 385 g/mol. The van der Waals surface area contributed by atoms with E-state index in [4.69, 9.17) is 0 Å². The molecule has 1 aliphatic heterocycles. The normalized spacial score (nSPS) is 17.0. The van der Waals surface area contributed by atoms with Crippen LogP contribution in [0, 0.1) is 11.3 Å². The van der Waals surface area contributed by atoms with Gasteiger partial charge in [0.25, 0.3) is 5.91 Å². The van der Waals surface area contributed by atoms with Gasteiger partial charge in [-0.1, -0.05) is 36.4 Å². The molecule has 0 radical (unpaired) electrons. The average molecular weight is 386 g/mol. The van der Waals surface area contributed by atoms with Crippen LogP contribution in [-0.4, -0.2) is 12.5 Å². The van der Waals surface area contributed by atoms with E-state index in [1.807, 2.05) is 30.0 Å². The highest BCUT2D eigenvalue weighted by Gasteiger charge is 2.20. The third kappa shape index (κ3) is 4.19. The number of hydrogen-bond donors (Lipinski definition) is 1. The molecule has 29 heavy (non-hydrogen) atoms. The summed E-state index contributed by atoms with van der Waals surface area (Å²) in [7, 11) is 0. The van der Waals surface area contributed by atoms with Gasteiger partial charge < -0.3 is 10.2 Å². The molecule has 1 N–H and O–H groups in total. The van der Waals surface area contributed by atoms with E-state index in [-0.39, 0.29) is 17.5 Å². The lowest BCUT2D eigenvalue weighted by Gasteiger charge is -2.28. The molecule has 4 heteroatoms. The smallest absolute Gasteiger partial charge is 0.263 e. The number of rotatable bonds is 4. The SMILES string of the molecule is CC(NC(=O)/C(C#N)=C\N1CCCc2ccccc21)c1ccc2c(c1)CCCC2. The number of hydrogen-bond acceptors (Lipinski definition) is 3. The van der Waals surface area contributed by atoms with Gasteiger partial charge in [-0.15, -0.1) is 0 Å². The van der Waals surface area contributed by atoms with E-state index >= 15 is 0 Å². The van der Waals surface area contributed by atoms with Crippen LogP contribution >= 0.6 is 0 Å². The van der Waals surface area contributed by atoms with E-state index in [0.717, 1.165) is 43.5 Å². The lowest BCUT2D eigenvalue weighted by Crippen LogP contribution is -2.30. The predicted molar refractivity (Wildman–Crippen MR) is 115 cm³/mol. The molecule has 0 saturated carbocycles. The summed E-state index contributed by atoms with van der Waals surface area (Å²) in [6.07, 6.45) is 8.50. The molecule has 0 fully saturated rings. The van der Waals surface area contributed by atoms with E-state index in [0.29, 0.717) is 0 Å². The van der Waals surface area contributed by atoms with Gasteiger partial charge in [-0.05, 0) is 73.8 Å². The van der Waals surface area contributed by atoms with Crippen LogP contribution in [-0.2, 0) is 24.1 Å². The van der Waals surface area contributed by atoms with Gasteiger partial charge in [-0.25, -0.2) is 0 Å². The van der Waals surface area contributed by atoms with Crippen molar-refractivity contribution in [3.05, 3.63) is 76.5 Å². The summed E-state index contributed by atoms with van der Waals surface area (Å²) in [6.45, 7) is 2.80. The molecule has 1 atom stereocenters. The Labute approximate surface area is 172 Å². The Morgan fingerprint density at radius 2 is 1.83 bits per heavy atom. The van der Waals surface area contributed by atoms with Crippen LogP contribution in [0.25, 0.3) is 0 Å². The van der Waals surface area contributed by atoms with Crippen LogP contribution in [0.5, 0.6) is 0 Å². The molecule has 0 spiro atoms. The summed E-state index contributed by atoms with van der Waals surface area (Å²) in [6, 6.07) is 16.7. The van der Waals surface area contributed by atoms with Crippen LogP contribution in [0.2, 0.25) is 0 Å². The van der Waals surface area contributed by atoms with E-state index in [2.05, 4.69) is 35.7 Å². The molecule has 0 saturated heterocycles. The fraction of sp³-hybridized carbons (Fsp3) is 0.360. The molecule has 4 rings (SSSR count). The summed E-state index contributed by atoms with van der Waals surface area (Å²) >= 11 is 0. The minimum atomic E-state index is -0.319. The molecule has 1 unspecified atom stereocenters. The number of para-hydroxylation sites is 1. The number of anilines is 1. The second-order valence-electron chi connectivity index (χ2n) is 8.01. The van der Waals surface area contributed by atoms with Crippen molar-refractivity contribution in [2.24, 2.45) is 0 Å². The number of nitrogens with zero attached hydrogens (tertiary/aromatic N) is 2. The van der Waals surface area contributed by atoms with E-state index in [1.165, 1.54) is 29.5 Å². The minimum Gasteiger partial charge on any atom is -0.346 e. The fourth-order valence-electron chi connectivity index (χ4n) is 4.37. The third-order valence-corrected chi connectivity index (χ3v) is 6.02. The number of carbonyl (C=O) groups excluding carboxylic acids is 1. The second-order valence-corrected chi connectivity index (χ2v) is 8.01. The zero-order chi connectivity index (χ0) is 20.2. The molecule has 1 amide bonds. The fourth-order valence-corrected chi connectivity index (χ4v) is 4.37. The van der Waals surface area contributed by atoms with Crippen molar-refractivity contribution >= 4 is 11.6 Å². The number of aryl methyl sites for hydroxylation is 3. The van der Waals surface area contributed by atoms with E-state index in [1.54, 1.807) is 6.20 Å². The van der Waals surface area contributed by atoms with Gasteiger partial charge in [0.1, 0.15) is 11.6 Å². The number of benzene rings is 2. The van der Waals surface area contributed by atoms with Gasteiger partial charge in [0.05, 0.1) is 6.04 Å². The lowest BCUT2D eigenvalue weighted by atomic mass is 9.89. The van der Waals surface area contributed by atoms with E-state index in [9.17, 15) is 10.1 Å². The van der Waals surface area contributed by atoms with Gasteiger partial charge in [-0.3, -0.25) is 4.79 Å². The Morgan fingerprint density at radius 1 is 1.07 bits per heavy atom. The molecule has 1 heterocycles. The first-order valence-electron chi connectivity index (χ1n) is 10.5. The van der Waals surface area contributed by atoms with Crippen LogP contribution in [0.1, 0.15) is 54.5 Å². The highest BCUT2D eigenvalue weighted by Crippen LogP contribution is 2.28. The molecule has 2 aromatic rings. The van der Waals surface area contributed by atoms with Crippen molar-refractivity contribution < 1.29 is 4.79 Å². The number of nitrogens with one attached hydrogen (secondary N) is 1. The first kappa shape index (κ1) is 19.3. The predicted octanol–water partition coefficient (Wildman–Crippen LogP) is 4.60. The Kier molecular flexibility index (Phi) is 5.67. The first-order valence-corrected chi connectivity index (χ1v) is 10.5. The minimum absolute atomic E-state index is 0.139. The summed E-state index contributed by atoms with van der Waals surface area (Å²) < 4.78 is 0. The number of nitriles is 1. The van der Waals surface area contributed by atoms with Gasteiger partial charge in [0.2, 0.25) is 0 Å². The highest BCUT2D eigenvalue weighted by molar-refractivity contribution is 5.97. The molecule has 1 aliphatic carbocycles. The van der Waals surface area contributed by atoms with Crippen molar-refractivity contribution in [3.8, 4) is 6.07 Å². The Morgan fingerprint density at radius 3 is 2.66 bits per heavy atom. The van der Waals surface area contributed by atoms with Crippen LogP contribution < -0.4 is 10.2 Å². The van der Waals surface area contributed by atoms with Crippen molar-refractivity contribution in [1.82, 2.24) is 5.32 Å².